The van der Waals surface area contributed by atoms with E-state index < -0.39 is 6.08 Å². The molecular formula is C17H28F2. The standard InChI is InChI=1S/C17H28F2/c1-2-3-4-5-6-13-7-9-14(10-8-13)15-11-16(12-15)17(18)19/h13-15H,2-12H2,1H3. The van der Waals surface area contributed by atoms with E-state index in [4.69, 9.17) is 0 Å². The highest BCUT2D eigenvalue weighted by Crippen LogP contribution is 2.47. The van der Waals surface area contributed by atoms with Crippen molar-refractivity contribution >= 4 is 0 Å². The molecule has 2 rings (SSSR count). The van der Waals surface area contributed by atoms with Gasteiger partial charge >= 0.3 is 0 Å². The largest absolute Gasteiger partial charge is 0.269 e. The van der Waals surface area contributed by atoms with E-state index in [1.807, 2.05) is 0 Å². The summed E-state index contributed by atoms with van der Waals surface area (Å²) in [4.78, 5) is 0. The lowest BCUT2D eigenvalue weighted by molar-refractivity contribution is 0.161. The summed E-state index contributed by atoms with van der Waals surface area (Å²) in [6, 6.07) is 0. The zero-order valence-electron chi connectivity index (χ0n) is 12.3. The van der Waals surface area contributed by atoms with Crippen molar-refractivity contribution in [2.45, 2.75) is 77.6 Å². The molecule has 0 unspecified atom stereocenters. The number of rotatable bonds is 6. The third kappa shape index (κ3) is 4.29. The molecule has 2 aliphatic rings. The van der Waals surface area contributed by atoms with Gasteiger partial charge in [0, 0.05) is 0 Å². The summed E-state index contributed by atoms with van der Waals surface area (Å²) >= 11 is 0. The molecule has 0 aromatic rings. The van der Waals surface area contributed by atoms with Gasteiger partial charge in [-0.05, 0) is 49.0 Å². The maximum Gasteiger partial charge on any atom is 0.269 e. The van der Waals surface area contributed by atoms with Gasteiger partial charge in [-0.15, -0.1) is 0 Å². The Morgan fingerprint density at radius 3 is 2.21 bits per heavy atom. The molecule has 0 amide bonds. The second-order valence-electron chi connectivity index (χ2n) is 6.66. The summed E-state index contributed by atoms with van der Waals surface area (Å²) in [6.45, 7) is 2.26. The first-order valence-electron chi connectivity index (χ1n) is 8.23. The van der Waals surface area contributed by atoms with Crippen LogP contribution in [-0.2, 0) is 0 Å². The predicted molar refractivity (Wildman–Crippen MR) is 76.2 cm³/mol. The maximum atomic E-state index is 12.4. The number of allylic oxidation sites excluding steroid dienone is 1. The van der Waals surface area contributed by atoms with E-state index in [1.165, 1.54) is 57.8 Å². The molecule has 0 heterocycles. The van der Waals surface area contributed by atoms with E-state index in [2.05, 4.69) is 6.92 Å². The van der Waals surface area contributed by atoms with Crippen LogP contribution >= 0.6 is 0 Å². The summed E-state index contributed by atoms with van der Waals surface area (Å²) < 4.78 is 24.7. The van der Waals surface area contributed by atoms with Crippen LogP contribution in [0.5, 0.6) is 0 Å². The Kier molecular flexibility index (Phi) is 5.84. The van der Waals surface area contributed by atoms with Gasteiger partial charge < -0.3 is 0 Å². The summed E-state index contributed by atoms with van der Waals surface area (Å²) in [6.07, 6.45) is 12.2. The molecule has 0 nitrogen and oxygen atoms in total. The van der Waals surface area contributed by atoms with Gasteiger partial charge in [0.25, 0.3) is 6.08 Å². The van der Waals surface area contributed by atoms with E-state index in [0.717, 1.165) is 11.8 Å². The first-order chi connectivity index (χ1) is 9.20. The Labute approximate surface area is 116 Å². The summed E-state index contributed by atoms with van der Waals surface area (Å²) in [5, 5.41) is 0. The second-order valence-corrected chi connectivity index (χ2v) is 6.66. The van der Waals surface area contributed by atoms with Gasteiger partial charge in [0.15, 0.2) is 0 Å². The highest BCUT2D eigenvalue weighted by Gasteiger charge is 2.35. The third-order valence-corrected chi connectivity index (χ3v) is 5.31. The van der Waals surface area contributed by atoms with Gasteiger partial charge in [-0.3, -0.25) is 0 Å². The van der Waals surface area contributed by atoms with Crippen LogP contribution in [0.1, 0.15) is 77.6 Å². The first-order valence-corrected chi connectivity index (χ1v) is 8.23. The zero-order chi connectivity index (χ0) is 13.7. The van der Waals surface area contributed by atoms with Gasteiger partial charge in [0.1, 0.15) is 0 Å². The Balaban J connectivity index is 1.60. The van der Waals surface area contributed by atoms with Crippen LogP contribution in [0.25, 0.3) is 0 Å². The molecule has 19 heavy (non-hydrogen) atoms. The van der Waals surface area contributed by atoms with Crippen LogP contribution in [0.3, 0.4) is 0 Å². The number of hydrogen-bond donors (Lipinski definition) is 0. The Morgan fingerprint density at radius 2 is 1.63 bits per heavy atom. The van der Waals surface area contributed by atoms with E-state index in [-0.39, 0.29) is 0 Å². The highest BCUT2D eigenvalue weighted by atomic mass is 19.3. The molecule has 0 saturated heterocycles. The van der Waals surface area contributed by atoms with E-state index in [9.17, 15) is 8.78 Å². The topological polar surface area (TPSA) is 0 Å². The van der Waals surface area contributed by atoms with E-state index >= 15 is 0 Å². The average molecular weight is 270 g/mol. The Bertz CT molecular complexity index is 288. The van der Waals surface area contributed by atoms with Crippen molar-refractivity contribution in [2.75, 3.05) is 0 Å². The maximum absolute atomic E-state index is 12.4. The fraction of sp³-hybridized carbons (Fsp3) is 0.882. The summed E-state index contributed by atoms with van der Waals surface area (Å²) in [7, 11) is 0. The van der Waals surface area contributed by atoms with E-state index in [1.54, 1.807) is 0 Å². The average Bonchev–Trinajstić information content (AvgIpc) is 2.34. The van der Waals surface area contributed by atoms with Gasteiger partial charge in [-0.1, -0.05) is 51.9 Å². The lowest BCUT2D eigenvalue weighted by Gasteiger charge is -2.39. The third-order valence-electron chi connectivity index (χ3n) is 5.31. The molecule has 0 N–H and O–H groups in total. The molecule has 0 bridgehead atoms. The molecule has 0 spiro atoms. The van der Waals surface area contributed by atoms with Gasteiger partial charge in [0.2, 0.25) is 0 Å². The Morgan fingerprint density at radius 1 is 0.947 bits per heavy atom. The van der Waals surface area contributed by atoms with Crippen LogP contribution in [0, 0.1) is 17.8 Å². The number of hydrogen-bond acceptors (Lipinski definition) is 0. The van der Waals surface area contributed by atoms with Crippen molar-refractivity contribution in [3.63, 3.8) is 0 Å². The molecule has 2 fully saturated rings. The van der Waals surface area contributed by atoms with Gasteiger partial charge in [0.05, 0.1) is 0 Å². The molecule has 0 aromatic heterocycles. The minimum atomic E-state index is -1.40. The number of unbranched alkanes of at least 4 members (excludes halogenated alkanes) is 3. The van der Waals surface area contributed by atoms with Crippen molar-refractivity contribution in [2.24, 2.45) is 17.8 Å². The van der Waals surface area contributed by atoms with Crippen LogP contribution in [0.2, 0.25) is 0 Å². The van der Waals surface area contributed by atoms with E-state index in [0.29, 0.717) is 24.3 Å². The molecule has 0 radical (unpaired) electrons. The van der Waals surface area contributed by atoms with Crippen molar-refractivity contribution in [1.29, 1.82) is 0 Å². The van der Waals surface area contributed by atoms with Crippen molar-refractivity contribution in [1.82, 2.24) is 0 Å². The van der Waals surface area contributed by atoms with Crippen LogP contribution in [-0.4, -0.2) is 0 Å². The van der Waals surface area contributed by atoms with Gasteiger partial charge in [-0.25, -0.2) is 0 Å². The monoisotopic (exact) mass is 270 g/mol. The minimum Gasteiger partial charge on any atom is -0.173 e. The molecule has 2 heteroatoms. The van der Waals surface area contributed by atoms with Crippen molar-refractivity contribution < 1.29 is 8.78 Å². The lowest BCUT2D eigenvalue weighted by atomic mass is 9.66. The molecule has 2 saturated carbocycles. The van der Waals surface area contributed by atoms with Crippen molar-refractivity contribution in [3.8, 4) is 0 Å². The normalized spacial score (nSPS) is 31.1. The molecular weight excluding hydrogens is 242 g/mol. The highest BCUT2D eigenvalue weighted by molar-refractivity contribution is 5.14. The smallest absolute Gasteiger partial charge is 0.173 e. The predicted octanol–water partition coefficient (Wildman–Crippen LogP) is 6.32. The van der Waals surface area contributed by atoms with Crippen molar-refractivity contribution in [3.05, 3.63) is 11.7 Å². The van der Waals surface area contributed by atoms with Gasteiger partial charge in [-0.2, -0.15) is 8.78 Å². The summed E-state index contributed by atoms with van der Waals surface area (Å²) in [5.74, 6) is 2.26. The minimum absolute atomic E-state index is 0.437. The van der Waals surface area contributed by atoms with Crippen LogP contribution < -0.4 is 0 Å². The lowest BCUT2D eigenvalue weighted by Crippen LogP contribution is -2.28. The Hall–Kier alpha value is -0.400. The van der Waals surface area contributed by atoms with Crippen LogP contribution in [0.15, 0.2) is 11.7 Å². The number of halogens is 2. The van der Waals surface area contributed by atoms with Crippen LogP contribution in [0.4, 0.5) is 8.78 Å². The molecule has 0 aliphatic heterocycles. The first kappa shape index (κ1) is 15.0. The molecule has 110 valence electrons. The fourth-order valence-corrected chi connectivity index (χ4v) is 3.87. The second kappa shape index (κ2) is 7.40. The molecule has 0 atom stereocenters. The SMILES string of the molecule is CCCCCCC1CCC(C2CC(=C(F)F)C2)CC1. The molecule has 2 aliphatic carbocycles. The quantitative estimate of drug-likeness (QED) is 0.495. The summed E-state index contributed by atoms with van der Waals surface area (Å²) in [5.41, 5.74) is 0.437. The fourth-order valence-electron chi connectivity index (χ4n) is 3.87. The zero-order valence-corrected chi connectivity index (χ0v) is 12.3. The molecule has 0 aromatic carbocycles.